The van der Waals surface area contributed by atoms with Crippen molar-refractivity contribution in [1.82, 2.24) is 35.2 Å². The smallest absolute Gasteiger partial charge is 0.309 e. The highest BCUT2D eigenvalue weighted by Crippen LogP contribution is 2.32. The van der Waals surface area contributed by atoms with Crippen LogP contribution in [0.15, 0.2) is 54.6 Å². The van der Waals surface area contributed by atoms with Crippen LogP contribution in [0.5, 0.6) is 5.75 Å². The number of rotatable bonds is 5. The number of nitriles is 1. The van der Waals surface area contributed by atoms with Crippen LogP contribution in [0.3, 0.4) is 0 Å². The molecule has 1 saturated heterocycles. The van der Waals surface area contributed by atoms with E-state index in [4.69, 9.17) is 4.74 Å². The quantitative estimate of drug-likeness (QED) is 0.251. The maximum absolute atomic E-state index is 13.3. The van der Waals surface area contributed by atoms with Crippen molar-refractivity contribution in [1.29, 1.82) is 5.26 Å². The number of aromatic nitrogens is 5. The number of pyridine rings is 1. The second-order valence-electron chi connectivity index (χ2n) is 8.17. The van der Waals surface area contributed by atoms with Crippen LogP contribution >= 0.6 is 0 Å². The molecule has 0 aliphatic carbocycles. The Morgan fingerprint density at radius 1 is 1.19 bits per heavy atom. The molecule has 1 fully saturated rings. The van der Waals surface area contributed by atoms with E-state index in [-0.39, 0.29) is 18.7 Å². The number of nitrogens with one attached hydrogen (secondary N) is 2. The number of amides is 1. The molecule has 1 aromatic carbocycles. The lowest BCUT2D eigenvalue weighted by Crippen LogP contribution is -2.50. The molecule has 11 nitrogen and oxygen atoms in total. The summed E-state index contributed by atoms with van der Waals surface area (Å²) in [5, 5.41) is 15.7. The molecule has 2 N–H and O–H groups in total. The highest BCUT2D eigenvalue weighted by Gasteiger charge is 2.30. The number of benzene rings is 1. The molecule has 4 heterocycles. The van der Waals surface area contributed by atoms with E-state index in [0.29, 0.717) is 40.3 Å². The normalized spacial score (nSPS) is 15.0. The van der Waals surface area contributed by atoms with Crippen molar-refractivity contribution < 1.29 is 14.3 Å². The van der Waals surface area contributed by atoms with Gasteiger partial charge in [0.15, 0.2) is 5.82 Å². The Hall–Kier alpha value is -4.82. The molecular weight excluding hydrogens is 460 g/mol. The third-order valence-corrected chi connectivity index (χ3v) is 6.03. The molecular formula is C25H22N8O3. The fourth-order valence-electron chi connectivity index (χ4n) is 4.24. The molecule has 1 amide bonds. The number of hydrogen-bond donors (Lipinski definition) is 2. The summed E-state index contributed by atoms with van der Waals surface area (Å²) in [6, 6.07) is 11.7. The van der Waals surface area contributed by atoms with Crippen molar-refractivity contribution in [2.24, 2.45) is 0 Å². The Morgan fingerprint density at radius 2 is 2.00 bits per heavy atom. The van der Waals surface area contributed by atoms with Gasteiger partial charge in [0, 0.05) is 19.3 Å². The molecule has 0 spiro atoms. The number of aromatic amines is 1. The molecule has 1 aliphatic rings. The number of fused-ring (bicyclic) bond motifs is 1. The van der Waals surface area contributed by atoms with Crippen molar-refractivity contribution in [2.45, 2.75) is 13.3 Å². The Morgan fingerprint density at radius 3 is 2.64 bits per heavy atom. The van der Waals surface area contributed by atoms with Gasteiger partial charge in [0.2, 0.25) is 0 Å². The molecule has 3 aromatic heterocycles. The highest BCUT2D eigenvalue weighted by molar-refractivity contribution is 6.45. The van der Waals surface area contributed by atoms with Crippen LogP contribution in [0, 0.1) is 18.3 Å². The minimum atomic E-state index is -0.704. The van der Waals surface area contributed by atoms with Gasteiger partial charge in [0.05, 0.1) is 41.4 Å². The lowest BCUT2D eigenvalue weighted by atomic mass is 9.97. The number of hydrazine groups is 1. The van der Waals surface area contributed by atoms with Crippen molar-refractivity contribution in [3.63, 3.8) is 0 Å². The van der Waals surface area contributed by atoms with Crippen LogP contribution in [0.2, 0.25) is 0 Å². The van der Waals surface area contributed by atoms with Gasteiger partial charge in [-0.2, -0.15) is 10.4 Å². The van der Waals surface area contributed by atoms with Crippen molar-refractivity contribution in [3.8, 4) is 17.6 Å². The van der Waals surface area contributed by atoms with Crippen molar-refractivity contribution >= 4 is 28.2 Å². The van der Waals surface area contributed by atoms with Gasteiger partial charge in [-0.3, -0.25) is 14.6 Å². The largest absolute Gasteiger partial charge is 0.494 e. The van der Waals surface area contributed by atoms with Gasteiger partial charge in [0.25, 0.3) is 5.78 Å². The Bertz CT molecular complexity index is 1530. The zero-order valence-corrected chi connectivity index (χ0v) is 19.6. The number of aryl methyl sites for hydroxylation is 1. The van der Waals surface area contributed by atoms with Gasteiger partial charge in [0.1, 0.15) is 17.9 Å². The summed E-state index contributed by atoms with van der Waals surface area (Å²) in [5.74, 6) is -0.0644. The predicted molar refractivity (Wildman–Crippen MR) is 130 cm³/mol. The highest BCUT2D eigenvalue weighted by atomic mass is 16.5. The fourth-order valence-corrected chi connectivity index (χ4v) is 4.24. The number of carbonyl (C=O) groups is 2. The van der Waals surface area contributed by atoms with E-state index in [1.807, 2.05) is 30.3 Å². The number of hydrogen-bond acceptors (Lipinski definition) is 8. The van der Waals surface area contributed by atoms with Crippen LogP contribution in [-0.2, 0) is 4.79 Å². The number of methoxy groups -OCH3 is 1. The zero-order valence-electron chi connectivity index (χ0n) is 19.6. The van der Waals surface area contributed by atoms with E-state index in [2.05, 4.69) is 31.5 Å². The molecule has 0 unspecified atom stereocenters. The molecule has 1 aliphatic heterocycles. The summed E-state index contributed by atoms with van der Waals surface area (Å²) < 4.78 is 6.92. The first-order valence-corrected chi connectivity index (χ1v) is 11.2. The zero-order chi connectivity index (χ0) is 25.2. The third-order valence-electron chi connectivity index (χ3n) is 6.03. The number of nitrogens with zero attached hydrogens (tertiary/aromatic N) is 6. The molecule has 4 aromatic rings. The predicted octanol–water partition coefficient (Wildman–Crippen LogP) is 2.36. The molecule has 0 radical (unpaired) electrons. The standard InChI is InChI=1S/C25H22N8O3/c1-15-29-14-33(31-15)24-22-21(20(36-2)13-28-24)19(12-27-22)23(34)25(35)32-9-8-17(11-30-32)18(10-26)16-6-4-3-5-7-16/h3-7,12-14,27,30H,8-9,11H2,1-2H3/b18-17+. The van der Waals surface area contributed by atoms with E-state index in [1.165, 1.54) is 35.5 Å². The van der Waals surface area contributed by atoms with Gasteiger partial charge >= 0.3 is 5.91 Å². The average Bonchev–Trinajstić information content (AvgIpc) is 3.56. The first kappa shape index (κ1) is 22.9. The fraction of sp³-hybridized carbons (Fsp3) is 0.200. The summed E-state index contributed by atoms with van der Waals surface area (Å²) in [5.41, 5.74) is 5.93. The van der Waals surface area contributed by atoms with Gasteiger partial charge < -0.3 is 9.72 Å². The first-order chi connectivity index (χ1) is 17.5. The molecule has 0 saturated carbocycles. The monoisotopic (exact) mass is 482 g/mol. The van der Waals surface area contributed by atoms with Crippen LogP contribution in [0.4, 0.5) is 0 Å². The maximum atomic E-state index is 13.3. The third kappa shape index (κ3) is 3.99. The lowest BCUT2D eigenvalue weighted by Gasteiger charge is -2.29. The summed E-state index contributed by atoms with van der Waals surface area (Å²) in [6.07, 6.45) is 4.94. The van der Waals surface area contributed by atoms with Crippen LogP contribution in [0.25, 0.3) is 22.3 Å². The number of H-pyrrole nitrogens is 1. The SMILES string of the molecule is COc1cnc(-n2cnc(C)n2)c2[nH]cc(C(=O)C(=O)N3CC/C(=C(/C#N)c4ccccc4)CN3)c12. The van der Waals surface area contributed by atoms with Gasteiger partial charge in [-0.25, -0.2) is 20.1 Å². The molecule has 36 heavy (non-hydrogen) atoms. The minimum absolute atomic E-state index is 0.164. The molecule has 0 atom stereocenters. The lowest BCUT2D eigenvalue weighted by molar-refractivity contribution is -0.129. The van der Waals surface area contributed by atoms with Crippen molar-refractivity contribution in [3.05, 3.63) is 71.6 Å². The van der Waals surface area contributed by atoms with Crippen LogP contribution in [0.1, 0.15) is 28.2 Å². The number of allylic oxidation sites excluding steroid dienone is 1. The summed E-state index contributed by atoms with van der Waals surface area (Å²) in [7, 11) is 1.47. The van der Waals surface area contributed by atoms with Gasteiger partial charge in [-0.1, -0.05) is 30.3 Å². The van der Waals surface area contributed by atoms with Gasteiger partial charge in [-0.15, -0.1) is 0 Å². The Labute approximate surface area is 206 Å². The molecule has 180 valence electrons. The molecule has 0 bridgehead atoms. The van der Waals surface area contributed by atoms with E-state index >= 15 is 0 Å². The van der Waals surface area contributed by atoms with Crippen LogP contribution in [-0.4, -0.2) is 61.6 Å². The number of ether oxygens (including phenoxy) is 1. The number of Topliss-reactive ketones (excluding diaryl/α,β-unsaturated/α-hetero) is 1. The van der Waals surface area contributed by atoms with Gasteiger partial charge in [-0.05, 0) is 24.5 Å². The summed E-state index contributed by atoms with van der Waals surface area (Å²) in [6.45, 7) is 2.29. The molecule has 11 heteroatoms. The minimum Gasteiger partial charge on any atom is -0.494 e. The van der Waals surface area contributed by atoms with E-state index in [9.17, 15) is 14.9 Å². The Kier molecular flexibility index (Phi) is 6.02. The van der Waals surface area contributed by atoms with E-state index in [1.54, 1.807) is 6.92 Å². The second-order valence-corrected chi connectivity index (χ2v) is 8.17. The topological polar surface area (TPSA) is 142 Å². The number of carbonyl (C=O) groups excluding carboxylic acids is 2. The maximum Gasteiger partial charge on any atom is 0.309 e. The number of ketones is 1. The average molecular weight is 483 g/mol. The first-order valence-electron chi connectivity index (χ1n) is 11.2. The summed E-state index contributed by atoms with van der Waals surface area (Å²) >= 11 is 0. The second kappa shape index (κ2) is 9.44. The van der Waals surface area contributed by atoms with Crippen LogP contribution < -0.4 is 10.2 Å². The van der Waals surface area contributed by atoms with E-state index < -0.39 is 11.7 Å². The van der Waals surface area contributed by atoms with Crippen molar-refractivity contribution in [2.75, 3.05) is 20.2 Å². The summed E-state index contributed by atoms with van der Waals surface area (Å²) in [4.78, 5) is 38.0. The molecule has 5 rings (SSSR count). The Balaban J connectivity index is 1.41. The van der Waals surface area contributed by atoms with E-state index in [0.717, 1.165) is 11.1 Å².